The van der Waals surface area contributed by atoms with E-state index >= 15 is 0 Å². The summed E-state index contributed by atoms with van der Waals surface area (Å²) in [5.74, 6) is -2.40. The summed E-state index contributed by atoms with van der Waals surface area (Å²) in [5, 5.41) is 10.6. The van der Waals surface area contributed by atoms with E-state index in [4.69, 9.17) is 21.1 Å². The first-order valence-electron chi connectivity index (χ1n) is 20.0. The highest BCUT2D eigenvalue weighted by molar-refractivity contribution is 7.92. The quantitative estimate of drug-likeness (QED) is 0.0796. The number of anilines is 4. The van der Waals surface area contributed by atoms with E-state index in [-0.39, 0.29) is 70.3 Å². The summed E-state index contributed by atoms with van der Waals surface area (Å²) in [6.07, 6.45) is 2.43. The number of ether oxygens (including phenoxy) is 2. The van der Waals surface area contributed by atoms with Crippen molar-refractivity contribution in [1.82, 2.24) is 30.4 Å². The molecule has 2 aliphatic rings. The van der Waals surface area contributed by atoms with Gasteiger partial charge in [0, 0.05) is 33.0 Å². The highest BCUT2D eigenvalue weighted by atomic mass is 35.5. The molecule has 1 aromatic heterocycles. The summed E-state index contributed by atoms with van der Waals surface area (Å²) in [5.41, 5.74) is 2.71. The number of aromatic nitrogens is 2. The van der Waals surface area contributed by atoms with E-state index in [0.29, 0.717) is 36.5 Å². The Morgan fingerprint density at radius 2 is 1.78 bits per heavy atom. The van der Waals surface area contributed by atoms with Gasteiger partial charge in [0.25, 0.3) is 17.7 Å². The molecule has 0 aliphatic carbocycles. The zero-order chi connectivity index (χ0) is 45.6. The van der Waals surface area contributed by atoms with Crippen LogP contribution < -0.4 is 30.7 Å². The molecule has 2 aliphatic heterocycles. The van der Waals surface area contributed by atoms with Gasteiger partial charge in [0.05, 0.1) is 46.0 Å². The molecule has 332 valence electrons. The van der Waals surface area contributed by atoms with Gasteiger partial charge in [-0.05, 0) is 87.6 Å². The van der Waals surface area contributed by atoms with Crippen molar-refractivity contribution < 1.29 is 46.7 Å². The number of carbonyl (C=O) groups excluding carboxylic acids is 6. The number of hydrogen-bond donors (Lipinski definition) is 4. The fourth-order valence-electron chi connectivity index (χ4n) is 6.97. The van der Waals surface area contributed by atoms with Crippen LogP contribution in [0.3, 0.4) is 0 Å². The second kappa shape index (κ2) is 19.6. The number of likely N-dealkylation sites (N-methyl/N-ethyl adjacent to an activating group) is 1. The van der Waals surface area contributed by atoms with Gasteiger partial charge in [0.15, 0.2) is 22.3 Å². The van der Waals surface area contributed by atoms with Gasteiger partial charge in [-0.15, -0.1) is 0 Å². The van der Waals surface area contributed by atoms with Crippen LogP contribution in [0.1, 0.15) is 71.4 Å². The maximum atomic E-state index is 13.3. The lowest BCUT2D eigenvalue weighted by Crippen LogP contribution is -2.54. The van der Waals surface area contributed by atoms with Crippen molar-refractivity contribution in [2.45, 2.75) is 69.1 Å². The zero-order valence-corrected chi connectivity index (χ0v) is 36.8. The van der Waals surface area contributed by atoms with Crippen molar-refractivity contribution in [3.63, 3.8) is 0 Å². The fourth-order valence-corrected chi connectivity index (χ4v) is 8.31. The van der Waals surface area contributed by atoms with Crippen molar-refractivity contribution in [2.75, 3.05) is 44.5 Å². The Morgan fingerprint density at radius 1 is 1.02 bits per heavy atom. The molecule has 1 saturated heterocycles. The highest BCUT2D eigenvalue weighted by Crippen LogP contribution is 2.35. The largest absolute Gasteiger partial charge is 0.495 e. The van der Waals surface area contributed by atoms with Crippen LogP contribution in [0, 0.1) is 6.92 Å². The van der Waals surface area contributed by atoms with E-state index < -0.39 is 57.3 Å². The molecule has 3 aromatic carbocycles. The van der Waals surface area contributed by atoms with Crippen LogP contribution in [-0.4, -0.2) is 109 Å². The van der Waals surface area contributed by atoms with E-state index in [1.807, 2.05) is 19.1 Å². The van der Waals surface area contributed by atoms with Crippen LogP contribution in [0.4, 0.5) is 23.1 Å². The minimum atomic E-state index is -3.61. The number of halogens is 1. The van der Waals surface area contributed by atoms with Gasteiger partial charge >= 0.3 is 0 Å². The number of methoxy groups -OCH3 is 1. The minimum Gasteiger partial charge on any atom is -0.495 e. The fraction of sp³-hybridized carbons (Fsp3) is 0.349. The third-order valence-corrected chi connectivity index (χ3v) is 13.0. The first kappa shape index (κ1) is 45.9. The van der Waals surface area contributed by atoms with Crippen molar-refractivity contribution >= 4 is 80.0 Å². The predicted molar refractivity (Wildman–Crippen MR) is 232 cm³/mol. The maximum Gasteiger partial charge on any atom is 0.266 e. The lowest BCUT2D eigenvalue weighted by Gasteiger charge is -2.27. The van der Waals surface area contributed by atoms with Gasteiger partial charge in [0.2, 0.25) is 23.7 Å². The van der Waals surface area contributed by atoms with Crippen molar-refractivity contribution in [1.29, 1.82) is 0 Å². The second-order valence-electron chi connectivity index (χ2n) is 15.1. The zero-order valence-electron chi connectivity index (χ0n) is 35.2. The molecule has 0 bridgehead atoms. The normalized spacial score (nSPS) is 14.9. The molecular formula is C43H47ClN8O10S. The average Bonchev–Trinajstić information content (AvgIpc) is 3.51. The molecule has 63 heavy (non-hydrogen) atoms. The molecule has 18 nitrogen and oxygen atoms in total. The number of nitrogens with one attached hydrogen (secondary N) is 4. The first-order chi connectivity index (χ1) is 30.0. The minimum absolute atomic E-state index is 0.00534. The van der Waals surface area contributed by atoms with E-state index in [1.165, 1.54) is 37.6 Å². The second-order valence-corrected chi connectivity index (χ2v) is 18.0. The number of fused-ring (bicyclic) bond motifs is 1. The van der Waals surface area contributed by atoms with Gasteiger partial charge in [-0.1, -0.05) is 29.8 Å². The molecule has 1 unspecified atom stereocenters. The molecule has 0 spiro atoms. The Hall–Kier alpha value is -6.60. The molecule has 20 heteroatoms. The molecule has 4 aromatic rings. The van der Waals surface area contributed by atoms with E-state index in [9.17, 15) is 37.2 Å². The third-order valence-electron chi connectivity index (χ3n) is 10.5. The topological polar surface area (TPSA) is 235 Å². The van der Waals surface area contributed by atoms with Crippen LogP contribution in [-0.2, 0) is 35.4 Å². The number of aryl methyl sites for hydroxylation is 1. The maximum absolute atomic E-state index is 13.3. The predicted octanol–water partition coefficient (Wildman–Crippen LogP) is 4.49. The number of sulfone groups is 1. The number of benzene rings is 3. The molecule has 6 rings (SSSR count). The number of rotatable bonds is 18. The molecule has 3 heterocycles. The van der Waals surface area contributed by atoms with Crippen LogP contribution in [0.2, 0.25) is 5.02 Å². The van der Waals surface area contributed by atoms with Gasteiger partial charge in [0.1, 0.15) is 22.6 Å². The van der Waals surface area contributed by atoms with Crippen LogP contribution in [0.5, 0.6) is 11.5 Å². The van der Waals surface area contributed by atoms with Crippen LogP contribution >= 0.6 is 11.6 Å². The number of amides is 6. The Bertz CT molecular complexity index is 2590. The SMILES string of the molecule is COc1cc(CCN(C)C(=O)CCCNC(=O)COc2cccc3c2C(=O)N(C2CCC(=O)NC2=O)C3=O)c(C)cc1Nc1ncc(Cl)c(Nc2ccccc2S(=O)(=O)C(C)C)n1. The third kappa shape index (κ3) is 10.4. The van der Waals surface area contributed by atoms with Gasteiger partial charge in [-0.3, -0.25) is 39.0 Å². The number of carbonyl (C=O) groups is 6. The number of piperidine rings is 1. The van der Waals surface area contributed by atoms with Crippen molar-refractivity contribution in [3.8, 4) is 11.5 Å². The summed E-state index contributed by atoms with van der Waals surface area (Å²) >= 11 is 6.42. The molecule has 0 saturated carbocycles. The summed E-state index contributed by atoms with van der Waals surface area (Å²) < 4.78 is 37.3. The van der Waals surface area contributed by atoms with Crippen LogP contribution in [0.25, 0.3) is 0 Å². The Morgan fingerprint density at radius 3 is 2.51 bits per heavy atom. The van der Waals surface area contributed by atoms with Crippen LogP contribution in [0.15, 0.2) is 65.7 Å². The molecule has 6 amide bonds. The summed E-state index contributed by atoms with van der Waals surface area (Å²) in [6, 6.07) is 13.5. The van der Waals surface area contributed by atoms with Crippen molar-refractivity contribution in [3.05, 3.63) is 88.1 Å². The first-order valence-corrected chi connectivity index (χ1v) is 22.0. The summed E-state index contributed by atoms with van der Waals surface area (Å²) in [7, 11) is -0.384. The lowest BCUT2D eigenvalue weighted by molar-refractivity contribution is -0.136. The average molecular weight is 903 g/mol. The van der Waals surface area contributed by atoms with Crippen molar-refractivity contribution in [2.24, 2.45) is 0 Å². The van der Waals surface area contributed by atoms with E-state index in [0.717, 1.165) is 16.0 Å². The molecule has 1 fully saturated rings. The molecule has 1 atom stereocenters. The standard InChI is InChI=1S/C43H47ClN8O10S/c1-24(2)63(59,60)34-13-7-6-11-29(34)47-39-28(44)22-46-43(50-39)48-30-20-25(3)26(21-33(30)61-5)17-19-51(4)37(55)14-9-18-45-36(54)23-62-32-12-8-10-27-38(32)42(58)52(41(27)57)31-15-16-35(53)49-40(31)56/h6-8,10-13,20-22,24,31H,9,14-19,23H2,1-5H3,(H,45,54)(H,49,53,56)(H2,46,47,48,50). The van der Waals surface area contributed by atoms with Gasteiger partial charge in [-0.2, -0.15) is 4.98 Å². The molecule has 0 radical (unpaired) electrons. The Balaban J connectivity index is 0.970. The summed E-state index contributed by atoms with van der Waals surface area (Å²) in [4.78, 5) is 87.3. The Kier molecular flexibility index (Phi) is 14.3. The van der Waals surface area contributed by atoms with Gasteiger partial charge in [-0.25, -0.2) is 13.4 Å². The Labute approximate surface area is 369 Å². The van der Waals surface area contributed by atoms with Gasteiger partial charge < -0.3 is 30.3 Å². The highest BCUT2D eigenvalue weighted by Gasteiger charge is 2.46. The number of imide groups is 2. The van der Waals surface area contributed by atoms with E-state index in [2.05, 4.69) is 31.2 Å². The van der Waals surface area contributed by atoms with E-state index in [1.54, 1.807) is 44.0 Å². The summed E-state index contributed by atoms with van der Waals surface area (Å²) in [6.45, 7) is 5.27. The molecule has 4 N–H and O–H groups in total. The number of hydrogen-bond acceptors (Lipinski definition) is 14. The monoisotopic (exact) mass is 902 g/mol. The smallest absolute Gasteiger partial charge is 0.266 e. The number of nitrogens with zero attached hydrogens (tertiary/aromatic N) is 4. The lowest BCUT2D eigenvalue weighted by atomic mass is 10.0. The molecular weight excluding hydrogens is 856 g/mol. The number of para-hydroxylation sites is 1.